The highest BCUT2D eigenvalue weighted by molar-refractivity contribution is 5.14. The third-order valence-electron chi connectivity index (χ3n) is 5.77. The van der Waals surface area contributed by atoms with Gasteiger partial charge in [0.05, 0.1) is 0 Å². The summed E-state index contributed by atoms with van der Waals surface area (Å²) in [6.45, 7) is 10.8. The number of hydrogen-bond acceptors (Lipinski definition) is 5. The van der Waals surface area contributed by atoms with Gasteiger partial charge in [0, 0.05) is 38.8 Å². The van der Waals surface area contributed by atoms with E-state index in [9.17, 15) is 0 Å². The Morgan fingerprint density at radius 1 is 1.26 bits per heavy atom. The van der Waals surface area contributed by atoms with Crippen LogP contribution in [-0.4, -0.2) is 33.7 Å². The monoisotopic (exact) mass is 368 g/mol. The van der Waals surface area contributed by atoms with Gasteiger partial charge in [-0.05, 0) is 55.7 Å². The zero-order chi connectivity index (χ0) is 19.4. The van der Waals surface area contributed by atoms with Crippen LogP contribution in [0.2, 0.25) is 0 Å². The summed E-state index contributed by atoms with van der Waals surface area (Å²) in [7, 11) is 2.21. The molecule has 1 aliphatic rings. The summed E-state index contributed by atoms with van der Waals surface area (Å²) in [5.41, 5.74) is 2.73. The fourth-order valence-corrected chi connectivity index (χ4v) is 4.34. The zero-order valence-electron chi connectivity index (χ0n) is 17.2. The fourth-order valence-electron chi connectivity index (χ4n) is 4.34. The Hall–Kier alpha value is -2.01. The zero-order valence-corrected chi connectivity index (χ0v) is 17.2. The van der Waals surface area contributed by atoms with Crippen molar-refractivity contribution in [1.82, 2.24) is 20.1 Å². The Morgan fingerprint density at radius 2 is 2.07 bits per heavy atom. The lowest BCUT2D eigenvalue weighted by molar-refractivity contribution is 0.172. The molecule has 0 aliphatic heterocycles. The van der Waals surface area contributed by atoms with Crippen molar-refractivity contribution in [3.8, 4) is 0 Å². The molecule has 0 spiro atoms. The first kappa shape index (κ1) is 19.7. The smallest absolute Gasteiger partial charge is 0.217 e. The molecule has 27 heavy (non-hydrogen) atoms. The Kier molecular flexibility index (Phi) is 6.42. The minimum absolute atomic E-state index is 0.497. The van der Waals surface area contributed by atoms with Crippen LogP contribution in [0.25, 0.3) is 0 Å². The van der Waals surface area contributed by atoms with Gasteiger partial charge in [0.15, 0.2) is 0 Å². The highest BCUT2D eigenvalue weighted by Crippen LogP contribution is 2.39. The maximum absolute atomic E-state index is 5.62. The molecule has 3 rings (SSSR count). The van der Waals surface area contributed by atoms with E-state index in [0.29, 0.717) is 29.6 Å². The molecule has 5 heteroatoms. The second-order valence-corrected chi connectivity index (χ2v) is 8.39. The molecule has 0 saturated heterocycles. The van der Waals surface area contributed by atoms with Crippen molar-refractivity contribution in [1.29, 1.82) is 0 Å². The van der Waals surface area contributed by atoms with Crippen molar-refractivity contribution >= 4 is 0 Å². The number of rotatable bonds is 7. The number of nitrogens with zero attached hydrogens (tertiary/aromatic N) is 4. The van der Waals surface area contributed by atoms with Crippen LogP contribution in [0.4, 0.5) is 0 Å². The van der Waals surface area contributed by atoms with Crippen LogP contribution >= 0.6 is 0 Å². The molecule has 5 nitrogen and oxygen atoms in total. The topological polar surface area (TPSA) is 55.1 Å². The summed E-state index contributed by atoms with van der Waals surface area (Å²) in [6, 6.07) is 4.16. The fraction of sp³-hybridized carbons (Fsp3) is 0.591. The van der Waals surface area contributed by atoms with Crippen LogP contribution in [-0.2, 0) is 13.0 Å². The van der Waals surface area contributed by atoms with Gasteiger partial charge in [0.25, 0.3) is 0 Å². The third kappa shape index (κ3) is 5.25. The molecule has 0 fully saturated rings. The molecule has 2 aromatic heterocycles. The molecule has 0 bridgehead atoms. The number of aryl methyl sites for hydroxylation is 1. The average Bonchev–Trinajstić information content (AvgIpc) is 3.02. The highest BCUT2D eigenvalue weighted by atomic mass is 16.4. The maximum Gasteiger partial charge on any atom is 0.217 e. The van der Waals surface area contributed by atoms with Gasteiger partial charge < -0.3 is 9.32 Å². The Balaban J connectivity index is 1.68. The van der Waals surface area contributed by atoms with Crippen LogP contribution < -0.4 is 0 Å². The van der Waals surface area contributed by atoms with Crippen LogP contribution in [0.3, 0.4) is 0 Å². The SMILES string of the molecule is CC1=C[C@@H](CN(C)Cc2cccnc2)[C@H](C(C)C)C[C@H]1Cc1nnc(C)o1. The van der Waals surface area contributed by atoms with Gasteiger partial charge in [-0.1, -0.05) is 31.6 Å². The number of hydrogen-bond donors (Lipinski definition) is 0. The summed E-state index contributed by atoms with van der Waals surface area (Å²) in [5.74, 6) is 3.80. The van der Waals surface area contributed by atoms with Gasteiger partial charge in [-0.25, -0.2) is 0 Å². The van der Waals surface area contributed by atoms with Crippen LogP contribution in [0.1, 0.15) is 44.5 Å². The van der Waals surface area contributed by atoms with Gasteiger partial charge in [0.1, 0.15) is 0 Å². The van der Waals surface area contributed by atoms with E-state index in [1.807, 2.05) is 25.4 Å². The molecule has 3 atom stereocenters. The Bertz CT molecular complexity index is 753. The Labute approximate surface area is 162 Å². The lowest BCUT2D eigenvalue weighted by Crippen LogP contribution is -2.35. The highest BCUT2D eigenvalue weighted by Gasteiger charge is 2.32. The molecule has 0 amide bonds. The van der Waals surface area contributed by atoms with E-state index in [-0.39, 0.29) is 0 Å². The molecule has 0 N–H and O–H groups in total. The second-order valence-electron chi connectivity index (χ2n) is 8.39. The van der Waals surface area contributed by atoms with Gasteiger partial charge in [0.2, 0.25) is 11.8 Å². The summed E-state index contributed by atoms with van der Waals surface area (Å²) in [4.78, 5) is 6.65. The molecule has 146 valence electrons. The van der Waals surface area contributed by atoms with Gasteiger partial charge in [-0.3, -0.25) is 4.98 Å². The Morgan fingerprint density at radius 3 is 2.70 bits per heavy atom. The quantitative estimate of drug-likeness (QED) is 0.682. The molecule has 0 unspecified atom stereocenters. The van der Waals surface area contributed by atoms with E-state index in [1.165, 1.54) is 17.6 Å². The van der Waals surface area contributed by atoms with E-state index >= 15 is 0 Å². The second kappa shape index (κ2) is 8.79. The van der Waals surface area contributed by atoms with Gasteiger partial charge >= 0.3 is 0 Å². The van der Waals surface area contributed by atoms with E-state index in [2.05, 4.69) is 60.0 Å². The van der Waals surface area contributed by atoms with Crippen LogP contribution in [0.5, 0.6) is 0 Å². The first-order valence-electron chi connectivity index (χ1n) is 9.97. The molecular weight excluding hydrogens is 336 g/mol. The average molecular weight is 369 g/mol. The molecular formula is C22H32N4O. The lowest BCUT2D eigenvalue weighted by Gasteiger charge is -2.38. The summed E-state index contributed by atoms with van der Waals surface area (Å²) in [5, 5.41) is 8.18. The molecule has 0 saturated carbocycles. The van der Waals surface area contributed by atoms with Gasteiger partial charge in [-0.15, -0.1) is 10.2 Å². The van der Waals surface area contributed by atoms with E-state index in [4.69, 9.17) is 4.42 Å². The number of allylic oxidation sites excluding steroid dienone is 1. The minimum atomic E-state index is 0.497. The van der Waals surface area contributed by atoms with E-state index in [1.54, 1.807) is 0 Å². The third-order valence-corrected chi connectivity index (χ3v) is 5.77. The van der Waals surface area contributed by atoms with Crippen LogP contribution in [0.15, 0.2) is 40.6 Å². The lowest BCUT2D eigenvalue weighted by atomic mass is 9.69. The van der Waals surface area contributed by atoms with Crippen molar-refractivity contribution < 1.29 is 4.42 Å². The van der Waals surface area contributed by atoms with Crippen LogP contribution in [0, 0.1) is 30.6 Å². The minimum Gasteiger partial charge on any atom is -0.426 e. The summed E-state index contributed by atoms with van der Waals surface area (Å²) < 4.78 is 5.62. The molecule has 0 radical (unpaired) electrons. The number of pyridine rings is 1. The summed E-state index contributed by atoms with van der Waals surface area (Å²) in [6.07, 6.45) is 8.33. The predicted molar refractivity (Wildman–Crippen MR) is 107 cm³/mol. The van der Waals surface area contributed by atoms with E-state index < -0.39 is 0 Å². The predicted octanol–water partition coefficient (Wildman–Crippen LogP) is 4.30. The largest absolute Gasteiger partial charge is 0.426 e. The van der Waals surface area contributed by atoms with Crippen molar-refractivity contribution in [3.63, 3.8) is 0 Å². The molecule has 2 heterocycles. The van der Waals surface area contributed by atoms with Gasteiger partial charge in [-0.2, -0.15) is 0 Å². The standard InChI is InChI=1S/C22H32N4O/c1-15(2)21-10-19(11-22-25-24-17(4)27-22)16(3)9-20(21)14-26(5)13-18-7-6-8-23-12-18/h6-9,12,15,19-21H,10-11,13-14H2,1-5H3/t19-,20-,21-/m0/s1. The first-order valence-corrected chi connectivity index (χ1v) is 9.97. The molecule has 2 aromatic rings. The number of aromatic nitrogens is 3. The molecule has 0 aromatic carbocycles. The van der Waals surface area contributed by atoms with Crippen molar-refractivity contribution in [2.45, 2.75) is 47.1 Å². The van der Waals surface area contributed by atoms with Crippen molar-refractivity contribution in [2.24, 2.45) is 23.7 Å². The van der Waals surface area contributed by atoms with Crippen molar-refractivity contribution in [3.05, 3.63) is 53.5 Å². The van der Waals surface area contributed by atoms with Crippen molar-refractivity contribution in [2.75, 3.05) is 13.6 Å². The summed E-state index contributed by atoms with van der Waals surface area (Å²) >= 11 is 0. The van der Waals surface area contributed by atoms with E-state index in [0.717, 1.165) is 25.4 Å². The molecule has 1 aliphatic carbocycles. The maximum atomic E-state index is 5.62. The first-order chi connectivity index (χ1) is 12.9. The normalized spacial score (nSPS) is 23.1.